The number of aliphatic carboxylic acids is 1. The van der Waals surface area contributed by atoms with Gasteiger partial charge in [0, 0.05) is 12.5 Å². The van der Waals surface area contributed by atoms with E-state index in [1.54, 1.807) is 0 Å². The Labute approximate surface area is 106 Å². The molecule has 1 aromatic rings. The molecule has 0 fully saturated rings. The van der Waals surface area contributed by atoms with Gasteiger partial charge in [0.2, 0.25) is 5.91 Å². The molecule has 1 aromatic carbocycles. The number of carbonyl (C=O) groups excluding carboxylic acids is 1. The first-order chi connectivity index (χ1) is 8.50. The number of carbonyl (C=O) groups is 2. The molecule has 0 aliphatic carbocycles. The van der Waals surface area contributed by atoms with Gasteiger partial charge in [-0.3, -0.25) is 9.59 Å². The fourth-order valence-corrected chi connectivity index (χ4v) is 1.53. The lowest BCUT2D eigenvalue weighted by Gasteiger charge is -2.13. The molecule has 0 spiro atoms. The van der Waals surface area contributed by atoms with E-state index in [0.717, 1.165) is 5.56 Å². The van der Waals surface area contributed by atoms with Crippen molar-refractivity contribution in [2.45, 2.75) is 31.8 Å². The first-order valence-corrected chi connectivity index (χ1v) is 5.83. The third kappa shape index (κ3) is 4.55. The van der Waals surface area contributed by atoms with Crippen LogP contribution in [-0.2, 0) is 9.59 Å². The number of nitrogens with two attached hydrogens (primary N) is 1. The van der Waals surface area contributed by atoms with Crippen molar-refractivity contribution in [2.75, 3.05) is 0 Å². The van der Waals surface area contributed by atoms with Crippen molar-refractivity contribution in [3.8, 4) is 0 Å². The molecule has 18 heavy (non-hydrogen) atoms. The number of nitrogens with one attached hydrogen (secondary N) is 1. The van der Waals surface area contributed by atoms with Gasteiger partial charge in [0.15, 0.2) is 0 Å². The van der Waals surface area contributed by atoms with E-state index in [4.69, 9.17) is 10.8 Å². The molecule has 0 aromatic heterocycles. The Morgan fingerprint density at radius 3 is 2.50 bits per heavy atom. The van der Waals surface area contributed by atoms with Crippen LogP contribution in [0.15, 0.2) is 30.3 Å². The molecule has 4 N–H and O–H groups in total. The van der Waals surface area contributed by atoms with E-state index in [1.165, 1.54) is 6.92 Å². The lowest BCUT2D eigenvalue weighted by Crippen LogP contribution is -2.38. The molecule has 0 aliphatic heterocycles. The highest BCUT2D eigenvalue weighted by atomic mass is 16.4. The van der Waals surface area contributed by atoms with Gasteiger partial charge in [0.05, 0.1) is 0 Å². The van der Waals surface area contributed by atoms with Crippen LogP contribution in [0.3, 0.4) is 0 Å². The number of hydrogen-bond acceptors (Lipinski definition) is 3. The highest BCUT2D eigenvalue weighted by Gasteiger charge is 2.15. The molecular formula is C13H18N2O3. The summed E-state index contributed by atoms with van der Waals surface area (Å²) in [5.41, 5.74) is 6.91. The summed E-state index contributed by atoms with van der Waals surface area (Å²) in [4.78, 5) is 22.0. The van der Waals surface area contributed by atoms with Gasteiger partial charge in [-0.25, -0.2) is 0 Å². The van der Waals surface area contributed by atoms with E-state index in [0.29, 0.717) is 6.42 Å². The Kier molecular flexibility index (Phi) is 5.32. The first-order valence-electron chi connectivity index (χ1n) is 5.83. The molecule has 5 nitrogen and oxygen atoms in total. The lowest BCUT2D eigenvalue weighted by atomic mass is 10.0. The van der Waals surface area contributed by atoms with Crippen LogP contribution in [0.5, 0.6) is 0 Å². The summed E-state index contributed by atoms with van der Waals surface area (Å²) in [6.45, 7) is 1.43. The maximum Gasteiger partial charge on any atom is 0.325 e. The van der Waals surface area contributed by atoms with E-state index >= 15 is 0 Å². The molecule has 1 unspecified atom stereocenters. The fraction of sp³-hybridized carbons (Fsp3) is 0.385. The van der Waals surface area contributed by atoms with Gasteiger partial charge in [0.1, 0.15) is 6.04 Å². The zero-order valence-corrected chi connectivity index (χ0v) is 10.3. The van der Waals surface area contributed by atoms with Gasteiger partial charge in [-0.05, 0) is 18.9 Å². The number of amides is 1. The van der Waals surface area contributed by atoms with Crippen LogP contribution in [0.1, 0.15) is 31.4 Å². The van der Waals surface area contributed by atoms with Crippen LogP contribution in [0.2, 0.25) is 0 Å². The molecule has 0 heterocycles. The monoisotopic (exact) mass is 250 g/mol. The molecule has 0 radical (unpaired) electrons. The number of benzene rings is 1. The third-order valence-electron chi connectivity index (χ3n) is 2.66. The van der Waals surface area contributed by atoms with E-state index < -0.39 is 12.0 Å². The Bertz CT molecular complexity index is 406. The minimum absolute atomic E-state index is 0.211. The predicted molar refractivity (Wildman–Crippen MR) is 67.8 cm³/mol. The van der Waals surface area contributed by atoms with Crippen LogP contribution in [0.25, 0.3) is 0 Å². The van der Waals surface area contributed by atoms with Gasteiger partial charge >= 0.3 is 5.97 Å². The van der Waals surface area contributed by atoms with Crippen LogP contribution >= 0.6 is 0 Å². The number of carboxylic acid groups (broad SMARTS) is 1. The van der Waals surface area contributed by atoms with E-state index in [9.17, 15) is 9.59 Å². The summed E-state index contributed by atoms with van der Waals surface area (Å²) in [5, 5.41) is 11.0. The summed E-state index contributed by atoms with van der Waals surface area (Å²) in [5.74, 6) is -1.34. The van der Waals surface area contributed by atoms with Gasteiger partial charge < -0.3 is 16.2 Å². The average Bonchev–Trinajstić information content (AvgIpc) is 2.36. The molecule has 98 valence electrons. The average molecular weight is 250 g/mol. The van der Waals surface area contributed by atoms with Crippen molar-refractivity contribution in [3.63, 3.8) is 0 Å². The standard InChI is InChI=1S/C13H18N2O3/c1-9(13(17)18)15-12(16)8-7-11(14)10-5-3-2-4-6-10/h2-6,9,11H,7-8,14H2,1H3,(H,15,16)(H,17,18)/t9-,11?/m0/s1. The van der Waals surface area contributed by atoms with E-state index in [1.807, 2.05) is 30.3 Å². The Balaban J connectivity index is 2.37. The normalized spacial score (nSPS) is 13.7. The zero-order valence-electron chi connectivity index (χ0n) is 10.3. The Morgan fingerprint density at radius 2 is 1.94 bits per heavy atom. The van der Waals surface area contributed by atoms with Crippen molar-refractivity contribution in [3.05, 3.63) is 35.9 Å². The summed E-state index contributed by atoms with van der Waals surface area (Å²) in [6, 6.07) is 8.41. The van der Waals surface area contributed by atoms with Crippen LogP contribution < -0.4 is 11.1 Å². The summed E-state index contributed by atoms with van der Waals surface area (Å²) in [6.07, 6.45) is 0.704. The Morgan fingerprint density at radius 1 is 1.33 bits per heavy atom. The second kappa shape index (κ2) is 6.76. The molecule has 5 heteroatoms. The number of hydrogen-bond donors (Lipinski definition) is 3. The smallest absolute Gasteiger partial charge is 0.325 e. The molecule has 0 saturated carbocycles. The van der Waals surface area contributed by atoms with Crippen molar-refractivity contribution in [2.24, 2.45) is 5.73 Å². The quantitative estimate of drug-likeness (QED) is 0.703. The first kappa shape index (κ1) is 14.2. The molecule has 0 bridgehead atoms. The minimum Gasteiger partial charge on any atom is -0.480 e. The van der Waals surface area contributed by atoms with E-state index in [2.05, 4.69) is 5.32 Å². The molecule has 2 atom stereocenters. The Hall–Kier alpha value is -1.88. The van der Waals surface area contributed by atoms with Crippen LogP contribution in [-0.4, -0.2) is 23.0 Å². The maximum atomic E-state index is 11.5. The summed E-state index contributed by atoms with van der Waals surface area (Å²) >= 11 is 0. The highest BCUT2D eigenvalue weighted by molar-refractivity contribution is 5.83. The van der Waals surface area contributed by atoms with Gasteiger partial charge in [-0.2, -0.15) is 0 Å². The van der Waals surface area contributed by atoms with Gasteiger partial charge in [-0.1, -0.05) is 30.3 Å². The zero-order chi connectivity index (χ0) is 13.5. The second-order valence-electron chi connectivity index (χ2n) is 4.18. The van der Waals surface area contributed by atoms with Crippen molar-refractivity contribution < 1.29 is 14.7 Å². The molecular weight excluding hydrogens is 232 g/mol. The predicted octanol–water partition coefficient (Wildman–Crippen LogP) is 1.06. The van der Waals surface area contributed by atoms with Crippen molar-refractivity contribution >= 4 is 11.9 Å². The molecule has 0 aliphatic rings. The van der Waals surface area contributed by atoms with Crippen LogP contribution in [0.4, 0.5) is 0 Å². The number of rotatable bonds is 6. The largest absolute Gasteiger partial charge is 0.480 e. The van der Waals surface area contributed by atoms with Crippen LogP contribution in [0, 0.1) is 0 Å². The second-order valence-corrected chi connectivity index (χ2v) is 4.18. The SMILES string of the molecule is C[C@H](NC(=O)CCC(N)c1ccccc1)C(=O)O. The third-order valence-corrected chi connectivity index (χ3v) is 2.66. The molecule has 1 amide bonds. The minimum atomic E-state index is -1.05. The van der Waals surface area contributed by atoms with Gasteiger partial charge in [-0.15, -0.1) is 0 Å². The van der Waals surface area contributed by atoms with Gasteiger partial charge in [0.25, 0.3) is 0 Å². The summed E-state index contributed by atoms with van der Waals surface area (Å²) < 4.78 is 0. The number of carboxylic acids is 1. The lowest BCUT2D eigenvalue weighted by molar-refractivity contribution is -0.141. The molecule has 0 saturated heterocycles. The van der Waals surface area contributed by atoms with Crippen molar-refractivity contribution in [1.82, 2.24) is 5.32 Å². The summed E-state index contributed by atoms with van der Waals surface area (Å²) in [7, 11) is 0. The van der Waals surface area contributed by atoms with Crippen molar-refractivity contribution in [1.29, 1.82) is 0 Å². The molecule has 1 rings (SSSR count). The fourth-order valence-electron chi connectivity index (χ4n) is 1.53. The topological polar surface area (TPSA) is 92.4 Å². The maximum absolute atomic E-state index is 11.5. The van der Waals surface area contributed by atoms with E-state index in [-0.39, 0.29) is 18.4 Å². The highest BCUT2D eigenvalue weighted by Crippen LogP contribution is 2.14.